The normalized spacial score (nSPS) is 23.6. The Hall–Kier alpha value is -1.85. The van der Waals surface area contributed by atoms with Gasteiger partial charge in [-0.3, -0.25) is 4.31 Å². The van der Waals surface area contributed by atoms with E-state index in [9.17, 15) is 8.42 Å². The molecule has 1 atom stereocenters. The molecule has 5 heteroatoms. The summed E-state index contributed by atoms with van der Waals surface area (Å²) in [5, 5.41) is 0. The second kappa shape index (κ2) is 4.86. The Balaban J connectivity index is 2.24. The molecule has 0 radical (unpaired) electrons. The van der Waals surface area contributed by atoms with E-state index in [1.807, 2.05) is 37.3 Å². The highest BCUT2D eigenvalue weighted by Gasteiger charge is 2.43. The van der Waals surface area contributed by atoms with Crippen LogP contribution in [0.15, 0.2) is 59.5 Å². The van der Waals surface area contributed by atoms with Crippen LogP contribution in [0.5, 0.6) is 0 Å². The quantitative estimate of drug-likeness (QED) is 0.857. The van der Waals surface area contributed by atoms with E-state index in [1.54, 1.807) is 31.4 Å². The fourth-order valence-electron chi connectivity index (χ4n) is 2.69. The second-order valence-electron chi connectivity index (χ2n) is 5.28. The van der Waals surface area contributed by atoms with Gasteiger partial charge in [0.15, 0.2) is 0 Å². The molecular formula is C16H17NO3S. The van der Waals surface area contributed by atoms with Crippen LogP contribution >= 0.6 is 0 Å². The Labute approximate surface area is 125 Å². The molecule has 4 nitrogen and oxygen atoms in total. The van der Waals surface area contributed by atoms with Gasteiger partial charge in [-0.25, -0.2) is 8.42 Å². The first kappa shape index (κ1) is 14.1. The highest BCUT2D eigenvalue weighted by molar-refractivity contribution is 7.93. The van der Waals surface area contributed by atoms with Gasteiger partial charge in [0.25, 0.3) is 10.0 Å². The summed E-state index contributed by atoms with van der Waals surface area (Å²) in [4.78, 5) is 0.310. The first-order valence-electron chi connectivity index (χ1n) is 6.71. The molecule has 21 heavy (non-hydrogen) atoms. The zero-order chi connectivity index (χ0) is 15.1. The van der Waals surface area contributed by atoms with Crippen LogP contribution in [0.3, 0.4) is 0 Å². The van der Waals surface area contributed by atoms with E-state index in [0.29, 0.717) is 16.1 Å². The molecule has 0 saturated heterocycles. The Bertz CT molecular complexity index is 758. The molecule has 1 aliphatic heterocycles. The number of para-hydroxylation sites is 1. The number of fused-ring (bicyclic) bond motifs is 1. The first-order valence-corrected chi connectivity index (χ1v) is 8.15. The number of hydrogen-bond acceptors (Lipinski definition) is 3. The van der Waals surface area contributed by atoms with Gasteiger partial charge in [0, 0.05) is 12.7 Å². The Morgan fingerprint density at radius 3 is 2.33 bits per heavy atom. The third kappa shape index (κ3) is 2.13. The predicted octanol–water partition coefficient (Wildman–Crippen LogP) is 2.76. The highest BCUT2D eigenvalue weighted by atomic mass is 32.2. The molecule has 2 aromatic rings. The van der Waals surface area contributed by atoms with E-state index in [-0.39, 0.29) is 6.54 Å². The van der Waals surface area contributed by atoms with Crippen molar-refractivity contribution in [3.05, 3.63) is 60.2 Å². The van der Waals surface area contributed by atoms with E-state index in [4.69, 9.17) is 4.74 Å². The number of sulfonamides is 1. The molecule has 110 valence electrons. The Morgan fingerprint density at radius 2 is 1.67 bits per heavy atom. The van der Waals surface area contributed by atoms with Gasteiger partial charge in [-0.05, 0) is 25.1 Å². The van der Waals surface area contributed by atoms with Crippen LogP contribution in [0.4, 0.5) is 5.69 Å². The summed E-state index contributed by atoms with van der Waals surface area (Å²) >= 11 is 0. The highest BCUT2D eigenvalue weighted by Crippen LogP contribution is 2.40. The maximum absolute atomic E-state index is 12.9. The van der Waals surface area contributed by atoms with Crippen molar-refractivity contribution in [1.82, 2.24) is 0 Å². The maximum atomic E-state index is 12.9. The summed E-state index contributed by atoms with van der Waals surface area (Å²) in [6.45, 7) is 2.17. The standard InChI is InChI=1S/C16H17NO3S/c1-16(20-2)12-17(13-8-4-3-5-9-13)21(18,19)15-11-7-6-10-14(15)16/h3-11H,12H2,1-2H3. The van der Waals surface area contributed by atoms with Crippen molar-refractivity contribution in [2.45, 2.75) is 17.4 Å². The number of benzene rings is 2. The number of hydrogen-bond donors (Lipinski definition) is 0. The van der Waals surface area contributed by atoms with Gasteiger partial charge in [0.05, 0.1) is 17.1 Å². The van der Waals surface area contributed by atoms with Gasteiger partial charge in [0.2, 0.25) is 0 Å². The zero-order valence-electron chi connectivity index (χ0n) is 12.0. The van der Waals surface area contributed by atoms with E-state index in [0.717, 1.165) is 0 Å². The summed E-state index contributed by atoms with van der Waals surface area (Å²) < 4.78 is 32.8. The molecule has 0 aliphatic carbocycles. The minimum Gasteiger partial charge on any atom is -0.372 e. The number of nitrogens with zero attached hydrogens (tertiary/aromatic N) is 1. The molecule has 1 aliphatic rings. The van der Waals surface area contributed by atoms with Gasteiger partial charge >= 0.3 is 0 Å². The predicted molar refractivity (Wildman–Crippen MR) is 81.8 cm³/mol. The summed E-state index contributed by atoms with van der Waals surface area (Å²) in [6.07, 6.45) is 0. The van der Waals surface area contributed by atoms with Crippen molar-refractivity contribution in [1.29, 1.82) is 0 Å². The topological polar surface area (TPSA) is 46.6 Å². The van der Waals surface area contributed by atoms with Crippen LogP contribution in [0, 0.1) is 0 Å². The molecule has 0 saturated carbocycles. The molecule has 0 amide bonds. The minimum absolute atomic E-state index is 0.257. The number of methoxy groups -OCH3 is 1. The van der Waals surface area contributed by atoms with Crippen LogP contribution in [0.25, 0.3) is 0 Å². The van der Waals surface area contributed by atoms with Gasteiger partial charge < -0.3 is 4.74 Å². The van der Waals surface area contributed by atoms with E-state index in [1.165, 1.54) is 4.31 Å². The molecular weight excluding hydrogens is 286 g/mol. The minimum atomic E-state index is -3.56. The fraction of sp³-hybridized carbons (Fsp3) is 0.250. The second-order valence-corrected chi connectivity index (χ2v) is 7.11. The smallest absolute Gasteiger partial charge is 0.264 e. The number of anilines is 1. The van der Waals surface area contributed by atoms with Gasteiger partial charge in [-0.15, -0.1) is 0 Å². The monoisotopic (exact) mass is 303 g/mol. The fourth-order valence-corrected chi connectivity index (χ4v) is 4.56. The lowest BCUT2D eigenvalue weighted by atomic mass is 9.95. The number of ether oxygens (including phenoxy) is 1. The van der Waals surface area contributed by atoms with E-state index >= 15 is 0 Å². The summed E-state index contributed by atoms with van der Waals surface area (Å²) in [6, 6.07) is 16.1. The average Bonchev–Trinajstić information content (AvgIpc) is 2.52. The molecule has 0 bridgehead atoms. The van der Waals surface area contributed by atoms with Gasteiger partial charge in [-0.2, -0.15) is 0 Å². The third-order valence-corrected chi connectivity index (χ3v) is 5.80. The van der Waals surface area contributed by atoms with Crippen molar-refractivity contribution >= 4 is 15.7 Å². The SMILES string of the molecule is COC1(C)CN(c2ccccc2)S(=O)(=O)c2ccccc21. The largest absolute Gasteiger partial charge is 0.372 e. The average molecular weight is 303 g/mol. The van der Waals surface area contributed by atoms with Crippen molar-refractivity contribution in [3.8, 4) is 0 Å². The lowest BCUT2D eigenvalue weighted by Crippen LogP contribution is -2.48. The first-order chi connectivity index (χ1) is 9.99. The van der Waals surface area contributed by atoms with Crippen molar-refractivity contribution < 1.29 is 13.2 Å². The summed E-state index contributed by atoms with van der Waals surface area (Å²) in [5.74, 6) is 0. The Morgan fingerprint density at radius 1 is 1.05 bits per heavy atom. The third-order valence-electron chi connectivity index (χ3n) is 3.96. The molecule has 0 aromatic heterocycles. The molecule has 2 aromatic carbocycles. The van der Waals surface area contributed by atoms with E-state index < -0.39 is 15.6 Å². The van der Waals surface area contributed by atoms with Crippen molar-refractivity contribution in [2.75, 3.05) is 18.0 Å². The van der Waals surface area contributed by atoms with Crippen LogP contribution < -0.4 is 4.31 Å². The molecule has 1 heterocycles. The number of rotatable bonds is 2. The summed E-state index contributed by atoms with van der Waals surface area (Å²) in [5.41, 5.74) is 0.688. The molecule has 0 fully saturated rings. The van der Waals surface area contributed by atoms with Gasteiger partial charge in [0.1, 0.15) is 5.60 Å². The molecule has 0 N–H and O–H groups in total. The summed E-state index contributed by atoms with van der Waals surface area (Å²) in [7, 11) is -1.95. The zero-order valence-corrected chi connectivity index (χ0v) is 12.8. The Kier molecular flexibility index (Phi) is 3.26. The van der Waals surface area contributed by atoms with Crippen molar-refractivity contribution in [2.24, 2.45) is 0 Å². The van der Waals surface area contributed by atoms with Crippen LogP contribution in [0.1, 0.15) is 12.5 Å². The van der Waals surface area contributed by atoms with E-state index in [2.05, 4.69) is 0 Å². The van der Waals surface area contributed by atoms with Crippen molar-refractivity contribution in [3.63, 3.8) is 0 Å². The molecule has 3 rings (SSSR count). The maximum Gasteiger partial charge on any atom is 0.264 e. The van der Waals surface area contributed by atoms with Crippen LogP contribution in [-0.2, 0) is 20.4 Å². The lowest BCUT2D eigenvalue weighted by Gasteiger charge is -2.41. The molecule has 0 spiro atoms. The van der Waals surface area contributed by atoms with Gasteiger partial charge in [-0.1, -0.05) is 36.4 Å². The van der Waals surface area contributed by atoms with Crippen LogP contribution in [-0.4, -0.2) is 22.1 Å². The lowest BCUT2D eigenvalue weighted by molar-refractivity contribution is 0.00679. The molecule has 1 unspecified atom stereocenters. The van der Waals surface area contributed by atoms with Crippen LogP contribution in [0.2, 0.25) is 0 Å².